The topological polar surface area (TPSA) is 73.2 Å². The first-order valence-corrected chi connectivity index (χ1v) is 6.95. The maximum Gasteiger partial charge on any atom is 0.197 e. The highest BCUT2D eigenvalue weighted by molar-refractivity contribution is 5.64. The molecular formula is C15H21N3O2. The van der Waals surface area contributed by atoms with Crippen molar-refractivity contribution in [1.82, 2.24) is 9.97 Å². The molecule has 0 unspecified atom stereocenters. The number of aromatic amines is 1. The number of hydrogen-bond donors (Lipinski definition) is 2. The molecule has 1 aromatic carbocycles. The van der Waals surface area contributed by atoms with Gasteiger partial charge in [-0.1, -0.05) is 13.8 Å². The number of ether oxygens (including phenoxy) is 2. The molecule has 5 nitrogen and oxygen atoms in total. The Bertz CT molecular complexity index is 552. The van der Waals surface area contributed by atoms with Crippen molar-refractivity contribution in [1.29, 1.82) is 0 Å². The summed E-state index contributed by atoms with van der Waals surface area (Å²) in [7, 11) is 0. The van der Waals surface area contributed by atoms with Crippen molar-refractivity contribution >= 4 is 5.95 Å². The monoisotopic (exact) mass is 275 g/mol. The summed E-state index contributed by atoms with van der Waals surface area (Å²) in [4.78, 5) is 7.02. The lowest BCUT2D eigenvalue weighted by Crippen LogP contribution is -2.01. The summed E-state index contributed by atoms with van der Waals surface area (Å²) >= 11 is 0. The van der Waals surface area contributed by atoms with Gasteiger partial charge in [-0.25, -0.2) is 4.98 Å². The lowest BCUT2D eigenvalue weighted by molar-refractivity contribution is 0.268. The molecule has 0 spiro atoms. The van der Waals surface area contributed by atoms with Crippen molar-refractivity contribution in [3.63, 3.8) is 0 Å². The SMILES string of the molecule is CCCOc1ccc(-c2cnc(N)[nH]2)cc1OCCC. The van der Waals surface area contributed by atoms with Crippen LogP contribution in [0.3, 0.4) is 0 Å². The summed E-state index contributed by atoms with van der Waals surface area (Å²) in [6.07, 6.45) is 3.63. The Morgan fingerprint density at radius 2 is 1.80 bits per heavy atom. The third-order valence-electron chi connectivity index (χ3n) is 2.77. The second-order valence-corrected chi connectivity index (χ2v) is 4.54. The van der Waals surface area contributed by atoms with Crippen LogP contribution in [0, 0.1) is 0 Å². The number of rotatable bonds is 7. The molecule has 0 aliphatic rings. The first kappa shape index (κ1) is 14.2. The van der Waals surface area contributed by atoms with Crippen LogP contribution in [0.25, 0.3) is 11.3 Å². The Morgan fingerprint density at radius 3 is 2.40 bits per heavy atom. The lowest BCUT2D eigenvalue weighted by atomic mass is 10.1. The molecular weight excluding hydrogens is 254 g/mol. The van der Waals surface area contributed by atoms with Gasteiger partial charge in [-0.05, 0) is 31.0 Å². The predicted octanol–water partition coefficient (Wildman–Crippen LogP) is 3.24. The number of H-pyrrole nitrogens is 1. The molecule has 1 heterocycles. The molecule has 0 bridgehead atoms. The highest BCUT2D eigenvalue weighted by Crippen LogP contribution is 2.32. The minimum Gasteiger partial charge on any atom is -0.490 e. The summed E-state index contributed by atoms with van der Waals surface area (Å²) in [6, 6.07) is 5.84. The van der Waals surface area contributed by atoms with E-state index in [4.69, 9.17) is 15.2 Å². The normalized spacial score (nSPS) is 10.5. The average Bonchev–Trinajstić information content (AvgIpc) is 2.90. The smallest absolute Gasteiger partial charge is 0.197 e. The van der Waals surface area contributed by atoms with E-state index < -0.39 is 0 Å². The van der Waals surface area contributed by atoms with E-state index in [0.717, 1.165) is 35.6 Å². The second-order valence-electron chi connectivity index (χ2n) is 4.54. The van der Waals surface area contributed by atoms with Crippen molar-refractivity contribution in [3.8, 4) is 22.8 Å². The van der Waals surface area contributed by atoms with E-state index in [1.807, 2.05) is 18.2 Å². The number of aromatic nitrogens is 2. The quantitative estimate of drug-likeness (QED) is 0.813. The molecule has 3 N–H and O–H groups in total. The minimum atomic E-state index is 0.405. The number of anilines is 1. The van der Waals surface area contributed by atoms with Crippen molar-refractivity contribution in [2.24, 2.45) is 0 Å². The molecule has 0 aliphatic carbocycles. The maximum atomic E-state index is 5.76. The van der Waals surface area contributed by atoms with Crippen LogP contribution in [0.2, 0.25) is 0 Å². The highest BCUT2D eigenvalue weighted by atomic mass is 16.5. The third kappa shape index (κ3) is 3.44. The van der Waals surface area contributed by atoms with E-state index in [-0.39, 0.29) is 0 Å². The molecule has 2 rings (SSSR count). The van der Waals surface area contributed by atoms with Crippen molar-refractivity contribution < 1.29 is 9.47 Å². The van der Waals surface area contributed by atoms with E-state index in [9.17, 15) is 0 Å². The molecule has 0 aliphatic heterocycles. The van der Waals surface area contributed by atoms with Gasteiger partial charge in [0.2, 0.25) is 0 Å². The molecule has 0 amide bonds. The number of nitrogens with one attached hydrogen (secondary N) is 1. The van der Waals surface area contributed by atoms with Gasteiger partial charge in [0.25, 0.3) is 0 Å². The fourth-order valence-corrected chi connectivity index (χ4v) is 1.82. The van der Waals surface area contributed by atoms with Crippen LogP contribution in [0.1, 0.15) is 26.7 Å². The number of benzene rings is 1. The van der Waals surface area contributed by atoms with Crippen LogP contribution in [0.5, 0.6) is 11.5 Å². The van der Waals surface area contributed by atoms with E-state index >= 15 is 0 Å². The fraction of sp³-hybridized carbons (Fsp3) is 0.400. The first-order chi connectivity index (χ1) is 9.74. The van der Waals surface area contributed by atoms with E-state index in [0.29, 0.717) is 19.2 Å². The molecule has 2 aromatic rings. The number of hydrogen-bond acceptors (Lipinski definition) is 4. The largest absolute Gasteiger partial charge is 0.490 e. The molecule has 1 aromatic heterocycles. The average molecular weight is 275 g/mol. The summed E-state index contributed by atoms with van der Waals surface area (Å²) < 4.78 is 11.5. The van der Waals surface area contributed by atoms with Gasteiger partial charge in [-0.2, -0.15) is 0 Å². The Kier molecular flexibility index (Phi) is 4.87. The van der Waals surface area contributed by atoms with Gasteiger partial charge in [-0.3, -0.25) is 0 Å². The summed E-state index contributed by atoms with van der Waals surface area (Å²) in [6.45, 7) is 5.50. The number of nitrogens with zero attached hydrogens (tertiary/aromatic N) is 1. The van der Waals surface area contributed by atoms with Crippen LogP contribution in [-0.2, 0) is 0 Å². The molecule has 0 fully saturated rings. The molecule has 0 saturated carbocycles. The van der Waals surface area contributed by atoms with Gasteiger partial charge in [0.05, 0.1) is 25.1 Å². The molecule has 0 radical (unpaired) electrons. The standard InChI is InChI=1S/C15H21N3O2/c1-3-7-19-13-6-5-11(9-14(13)20-8-4-2)12-10-17-15(16)18-12/h5-6,9-10H,3-4,7-8H2,1-2H3,(H3,16,17,18). The Hall–Kier alpha value is -2.17. The predicted molar refractivity (Wildman–Crippen MR) is 80.0 cm³/mol. The lowest BCUT2D eigenvalue weighted by Gasteiger charge is -2.13. The van der Waals surface area contributed by atoms with E-state index in [1.54, 1.807) is 6.20 Å². The van der Waals surface area contributed by atoms with Crippen molar-refractivity contribution in [2.75, 3.05) is 18.9 Å². The van der Waals surface area contributed by atoms with E-state index in [1.165, 1.54) is 0 Å². The Labute approximate surface area is 119 Å². The molecule has 20 heavy (non-hydrogen) atoms. The molecule has 5 heteroatoms. The Balaban J connectivity index is 2.26. The minimum absolute atomic E-state index is 0.405. The van der Waals surface area contributed by atoms with Gasteiger partial charge in [-0.15, -0.1) is 0 Å². The van der Waals surface area contributed by atoms with Crippen LogP contribution in [-0.4, -0.2) is 23.2 Å². The zero-order chi connectivity index (χ0) is 14.4. The number of imidazole rings is 1. The van der Waals surface area contributed by atoms with E-state index in [2.05, 4.69) is 23.8 Å². The first-order valence-electron chi connectivity index (χ1n) is 6.95. The number of nitrogens with two attached hydrogens (primary N) is 1. The van der Waals surface area contributed by atoms with Gasteiger partial charge < -0.3 is 20.2 Å². The fourth-order valence-electron chi connectivity index (χ4n) is 1.82. The van der Waals surface area contributed by atoms with Crippen LogP contribution >= 0.6 is 0 Å². The van der Waals surface area contributed by atoms with Crippen molar-refractivity contribution in [3.05, 3.63) is 24.4 Å². The number of nitrogen functional groups attached to an aromatic ring is 1. The summed E-state index contributed by atoms with van der Waals surface area (Å²) in [5, 5.41) is 0. The summed E-state index contributed by atoms with van der Waals surface area (Å²) in [5.74, 6) is 1.94. The second kappa shape index (κ2) is 6.84. The van der Waals surface area contributed by atoms with Gasteiger partial charge in [0.15, 0.2) is 17.4 Å². The maximum absolute atomic E-state index is 5.76. The van der Waals surface area contributed by atoms with Crippen LogP contribution < -0.4 is 15.2 Å². The highest BCUT2D eigenvalue weighted by Gasteiger charge is 2.09. The third-order valence-corrected chi connectivity index (χ3v) is 2.77. The van der Waals surface area contributed by atoms with Crippen LogP contribution in [0.15, 0.2) is 24.4 Å². The Morgan fingerprint density at radius 1 is 1.10 bits per heavy atom. The molecule has 0 atom stereocenters. The van der Waals surface area contributed by atoms with Crippen molar-refractivity contribution in [2.45, 2.75) is 26.7 Å². The molecule has 0 saturated heterocycles. The zero-order valence-corrected chi connectivity index (χ0v) is 12.0. The van der Waals surface area contributed by atoms with Gasteiger partial charge in [0.1, 0.15) is 0 Å². The van der Waals surface area contributed by atoms with Gasteiger partial charge >= 0.3 is 0 Å². The zero-order valence-electron chi connectivity index (χ0n) is 12.0. The molecule has 108 valence electrons. The summed E-state index contributed by atoms with van der Waals surface area (Å²) in [5.41, 5.74) is 7.45. The van der Waals surface area contributed by atoms with Gasteiger partial charge in [0, 0.05) is 5.56 Å². The van der Waals surface area contributed by atoms with Crippen LogP contribution in [0.4, 0.5) is 5.95 Å².